The summed E-state index contributed by atoms with van der Waals surface area (Å²) in [6.07, 6.45) is 0. The second-order valence-electron chi connectivity index (χ2n) is 5.36. The van der Waals surface area contributed by atoms with Gasteiger partial charge in [-0.25, -0.2) is 0 Å². The standard InChI is InChI=1S/C10H21BO3/c1-7(2)8(12)11-13-9(3,4)10(5,6)14-11/h7-8,12H,1-6H3. The fraction of sp³-hybridized carbons (Fsp3) is 1.00. The van der Waals surface area contributed by atoms with E-state index < -0.39 is 13.1 Å². The summed E-state index contributed by atoms with van der Waals surface area (Å²) in [5.41, 5.74) is -0.707. The summed E-state index contributed by atoms with van der Waals surface area (Å²) in [4.78, 5) is 0. The van der Waals surface area contributed by atoms with Crippen molar-refractivity contribution in [2.45, 2.75) is 58.7 Å². The summed E-state index contributed by atoms with van der Waals surface area (Å²) >= 11 is 0. The van der Waals surface area contributed by atoms with Gasteiger partial charge in [-0.15, -0.1) is 0 Å². The third-order valence-electron chi connectivity index (χ3n) is 3.23. The van der Waals surface area contributed by atoms with Gasteiger partial charge in [-0.05, 0) is 33.6 Å². The van der Waals surface area contributed by atoms with Crippen LogP contribution in [0.25, 0.3) is 0 Å². The van der Waals surface area contributed by atoms with Gasteiger partial charge in [-0.2, -0.15) is 0 Å². The highest BCUT2D eigenvalue weighted by Gasteiger charge is 2.54. The van der Waals surface area contributed by atoms with Gasteiger partial charge in [0.1, 0.15) is 0 Å². The van der Waals surface area contributed by atoms with Crippen molar-refractivity contribution in [1.82, 2.24) is 0 Å². The molecule has 1 rings (SSSR count). The minimum atomic E-state index is -0.559. The molecule has 0 amide bonds. The van der Waals surface area contributed by atoms with Crippen LogP contribution in [0.5, 0.6) is 0 Å². The van der Waals surface area contributed by atoms with Gasteiger partial charge in [0, 0.05) is 0 Å². The fourth-order valence-electron chi connectivity index (χ4n) is 1.34. The Morgan fingerprint density at radius 2 is 1.36 bits per heavy atom. The van der Waals surface area contributed by atoms with Crippen LogP contribution in [-0.2, 0) is 9.31 Å². The van der Waals surface area contributed by atoms with Crippen molar-refractivity contribution in [3.05, 3.63) is 0 Å². The maximum atomic E-state index is 9.84. The lowest BCUT2D eigenvalue weighted by Gasteiger charge is -2.32. The quantitative estimate of drug-likeness (QED) is 0.688. The van der Waals surface area contributed by atoms with Gasteiger partial charge in [0.05, 0.1) is 17.2 Å². The minimum absolute atomic E-state index is 0.143. The maximum absolute atomic E-state index is 9.84. The number of aliphatic hydroxyl groups is 1. The van der Waals surface area contributed by atoms with Crippen LogP contribution in [0.4, 0.5) is 0 Å². The smallest absolute Gasteiger partial charge is 0.402 e. The van der Waals surface area contributed by atoms with Gasteiger partial charge in [-0.1, -0.05) is 13.8 Å². The average molecular weight is 200 g/mol. The van der Waals surface area contributed by atoms with Gasteiger partial charge in [-0.3, -0.25) is 0 Å². The SMILES string of the molecule is CC(C)C(O)B1OC(C)(C)C(C)(C)O1. The van der Waals surface area contributed by atoms with Crippen molar-refractivity contribution in [1.29, 1.82) is 0 Å². The molecule has 0 aromatic heterocycles. The van der Waals surface area contributed by atoms with E-state index in [4.69, 9.17) is 9.31 Å². The lowest BCUT2D eigenvalue weighted by atomic mass is 9.75. The highest BCUT2D eigenvalue weighted by Crippen LogP contribution is 2.38. The molecular weight excluding hydrogens is 179 g/mol. The van der Waals surface area contributed by atoms with Crippen LogP contribution in [0, 0.1) is 5.92 Å². The number of hydrogen-bond donors (Lipinski definition) is 1. The Kier molecular flexibility index (Phi) is 3.01. The average Bonchev–Trinajstić information content (AvgIpc) is 2.20. The summed E-state index contributed by atoms with van der Waals surface area (Å²) in [6, 6.07) is -0.559. The fourth-order valence-corrected chi connectivity index (χ4v) is 1.34. The molecule has 0 aromatic carbocycles. The van der Waals surface area contributed by atoms with Gasteiger partial charge >= 0.3 is 7.12 Å². The summed E-state index contributed by atoms with van der Waals surface area (Å²) < 4.78 is 11.4. The van der Waals surface area contributed by atoms with Crippen LogP contribution in [-0.4, -0.2) is 29.4 Å². The first kappa shape index (κ1) is 12.0. The Bertz CT molecular complexity index is 197. The lowest BCUT2D eigenvalue weighted by molar-refractivity contribution is 0.00578. The molecule has 0 aliphatic carbocycles. The summed E-state index contributed by atoms with van der Waals surface area (Å²) in [7, 11) is -0.500. The van der Waals surface area contributed by atoms with Crippen LogP contribution in [0.2, 0.25) is 0 Å². The normalized spacial score (nSPS) is 27.0. The van der Waals surface area contributed by atoms with Crippen molar-refractivity contribution >= 4 is 7.12 Å². The van der Waals surface area contributed by atoms with Gasteiger partial charge < -0.3 is 14.4 Å². The zero-order chi connectivity index (χ0) is 11.1. The molecule has 1 saturated heterocycles. The van der Waals surface area contributed by atoms with E-state index in [1.165, 1.54) is 0 Å². The summed E-state index contributed by atoms with van der Waals surface area (Å²) in [6.45, 7) is 11.9. The third-order valence-corrected chi connectivity index (χ3v) is 3.23. The van der Waals surface area contributed by atoms with E-state index in [1.54, 1.807) is 0 Å². The van der Waals surface area contributed by atoms with Crippen LogP contribution >= 0.6 is 0 Å². The Morgan fingerprint density at radius 3 is 1.64 bits per heavy atom. The second kappa shape index (κ2) is 3.51. The van der Waals surface area contributed by atoms with E-state index in [0.717, 1.165) is 0 Å². The molecule has 1 aliphatic rings. The Labute approximate surface area is 86.9 Å². The maximum Gasteiger partial charge on any atom is 0.488 e. The number of aliphatic hydroxyl groups excluding tert-OH is 1. The van der Waals surface area contributed by atoms with Gasteiger partial charge in [0.15, 0.2) is 0 Å². The molecule has 1 unspecified atom stereocenters. The van der Waals surface area contributed by atoms with Crippen LogP contribution in [0.15, 0.2) is 0 Å². The molecule has 0 aromatic rings. The lowest BCUT2D eigenvalue weighted by Crippen LogP contribution is -2.41. The predicted octanol–water partition coefficient (Wildman–Crippen LogP) is 1.63. The van der Waals surface area contributed by atoms with E-state index in [0.29, 0.717) is 0 Å². The van der Waals surface area contributed by atoms with E-state index in [1.807, 2.05) is 41.5 Å². The first-order valence-electron chi connectivity index (χ1n) is 5.21. The van der Waals surface area contributed by atoms with Crippen molar-refractivity contribution < 1.29 is 14.4 Å². The van der Waals surface area contributed by atoms with Gasteiger partial charge in [0.2, 0.25) is 0 Å². The monoisotopic (exact) mass is 200 g/mol. The molecule has 0 bridgehead atoms. The van der Waals surface area contributed by atoms with Crippen LogP contribution in [0.3, 0.4) is 0 Å². The van der Waals surface area contributed by atoms with Crippen molar-refractivity contribution in [2.24, 2.45) is 5.92 Å². The molecule has 1 N–H and O–H groups in total. The van der Waals surface area contributed by atoms with Crippen LogP contribution in [0.1, 0.15) is 41.5 Å². The highest BCUT2D eigenvalue weighted by atomic mass is 16.7. The molecule has 1 aliphatic heterocycles. The van der Waals surface area contributed by atoms with Crippen LogP contribution < -0.4 is 0 Å². The summed E-state index contributed by atoms with van der Waals surface area (Å²) in [5, 5.41) is 9.84. The molecule has 82 valence electrons. The molecule has 0 saturated carbocycles. The van der Waals surface area contributed by atoms with E-state index in [2.05, 4.69) is 0 Å². The largest absolute Gasteiger partial charge is 0.488 e. The second-order valence-corrected chi connectivity index (χ2v) is 5.36. The molecule has 1 atom stereocenters. The molecule has 14 heavy (non-hydrogen) atoms. The first-order valence-corrected chi connectivity index (χ1v) is 5.21. The molecular formula is C10H21BO3. The summed E-state index contributed by atoms with van der Waals surface area (Å²) in [5.74, 6) is 0.143. The number of hydrogen-bond acceptors (Lipinski definition) is 3. The van der Waals surface area contributed by atoms with Gasteiger partial charge in [0.25, 0.3) is 0 Å². The Morgan fingerprint density at radius 1 is 1.00 bits per heavy atom. The van der Waals surface area contributed by atoms with E-state index >= 15 is 0 Å². The Hall–Kier alpha value is -0.0551. The molecule has 1 fully saturated rings. The molecule has 0 spiro atoms. The molecule has 4 heteroatoms. The first-order chi connectivity index (χ1) is 6.17. The zero-order valence-corrected chi connectivity index (χ0v) is 10.00. The zero-order valence-electron chi connectivity index (χ0n) is 10.00. The van der Waals surface area contributed by atoms with E-state index in [-0.39, 0.29) is 17.1 Å². The molecule has 3 nitrogen and oxygen atoms in total. The van der Waals surface area contributed by atoms with E-state index in [9.17, 15) is 5.11 Å². The highest BCUT2D eigenvalue weighted by molar-refractivity contribution is 6.47. The molecule has 0 radical (unpaired) electrons. The van der Waals surface area contributed by atoms with Crippen molar-refractivity contribution in [3.8, 4) is 0 Å². The Balaban J connectivity index is 2.73. The third kappa shape index (κ3) is 1.97. The minimum Gasteiger partial charge on any atom is -0.402 e. The topological polar surface area (TPSA) is 38.7 Å². The van der Waals surface area contributed by atoms with Crippen molar-refractivity contribution in [3.63, 3.8) is 0 Å². The van der Waals surface area contributed by atoms with Crippen molar-refractivity contribution in [2.75, 3.05) is 0 Å². The number of rotatable bonds is 2. The molecule has 1 heterocycles. The predicted molar refractivity (Wildman–Crippen MR) is 56.9 cm³/mol.